The van der Waals surface area contributed by atoms with Gasteiger partial charge in [0.2, 0.25) is 0 Å². The lowest BCUT2D eigenvalue weighted by molar-refractivity contribution is 0.0282. The Labute approximate surface area is 139 Å². The van der Waals surface area contributed by atoms with E-state index < -0.39 is 0 Å². The molecule has 1 saturated heterocycles. The van der Waals surface area contributed by atoms with Gasteiger partial charge in [0, 0.05) is 18.1 Å². The largest absolute Gasteiger partial charge is 0.291 e. The van der Waals surface area contributed by atoms with Gasteiger partial charge in [-0.2, -0.15) is 0 Å². The van der Waals surface area contributed by atoms with E-state index in [4.69, 9.17) is 0 Å². The molecule has 2 heterocycles. The Bertz CT molecular complexity index is 644. The van der Waals surface area contributed by atoms with Gasteiger partial charge in [-0.15, -0.1) is 11.3 Å². The fourth-order valence-electron chi connectivity index (χ4n) is 3.36. The molecule has 0 radical (unpaired) electrons. The Morgan fingerprint density at radius 1 is 1.29 bits per heavy atom. The zero-order valence-electron chi connectivity index (χ0n) is 13.2. The van der Waals surface area contributed by atoms with Crippen LogP contribution in [0.4, 0.5) is 0 Å². The molecule has 0 amide bonds. The molecule has 114 valence electrons. The lowest BCUT2D eigenvalue weighted by Gasteiger charge is -2.47. The third-order valence-corrected chi connectivity index (χ3v) is 5.94. The molecule has 2 atom stereocenters. The first kappa shape index (κ1) is 15.4. The lowest BCUT2D eigenvalue weighted by atomic mass is 9.86. The standard InChI is InChI=1S/C17H23BrN2S/c1-11-5-7-14(20(10-11)17(2,3)4)12-6-8-15-13(9-12)19-16(18)21-15/h6,8-9,11,14H,5,7,10H2,1-4H3. The minimum Gasteiger partial charge on any atom is -0.291 e. The molecule has 1 fully saturated rings. The Morgan fingerprint density at radius 2 is 2.05 bits per heavy atom. The van der Waals surface area contributed by atoms with Crippen LogP contribution >= 0.6 is 27.3 Å². The van der Waals surface area contributed by atoms with Gasteiger partial charge in [0.05, 0.1) is 10.2 Å². The summed E-state index contributed by atoms with van der Waals surface area (Å²) in [5, 5.41) is 0. The van der Waals surface area contributed by atoms with Crippen molar-refractivity contribution in [3.63, 3.8) is 0 Å². The second kappa shape index (κ2) is 5.64. The first-order valence-corrected chi connectivity index (χ1v) is 9.28. The molecule has 0 bridgehead atoms. The minimum absolute atomic E-state index is 0.205. The predicted octanol–water partition coefficient (Wildman–Crippen LogP) is 5.63. The fraction of sp³-hybridized carbons (Fsp3) is 0.588. The molecule has 4 heteroatoms. The molecule has 1 aliphatic heterocycles. The average molecular weight is 367 g/mol. The molecular weight excluding hydrogens is 344 g/mol. The van der Waals surface area contributed by atoms with Crippen molar-refractivity contribution in [2.24, 2.45) is 5.92 Å². The highest BCUT2D eigenvalue weighted by Crippen LogP contribution is 2.39. The van der Waals surface area contributed by atoms with E-state index >= 15 is 0 Å². The molecule has 1 aromatic heterocycles. The summed E-state index contributed by atoms with van der Waals surface area (Å²) in [6.07, 6.45) is 2.56. The number of halogens is 1. The van der Waals surface area contributed by atoms with Crippen LogP contribution in [0.3, 0.4) is 0 Å². The third-order valence-electron chi connectivity index (χ3n) is 4.45. The van der Waals surface area contributed by atoms with Gasteiger partial charge in [-0.25, -0.2) is 4.98 Å². The maximum Gasteiger partial charge on any atom is 0.160 e. The number of hydrogen-bond acceptors (Lipinski definition) is 3. The molecule has 0 saturated carbocycles. The first-order valence-electron chi connectivity index (χ1n) is 7.67. The SMILES string of the molecule is CC1CCC(c2ccc3sc(Br)nc3c2)N(C(C)(C)C)C1. The van der Waals surface area contributed by atoms with Crippen molar-refractivity contribution in [2.75, 3.05) is 6.54 Å². The molecule has 2 aromatic rings. The normalized spacial score (nSPS) is 24.6. The van der Waals surface area contributed by atoms with Crippen LogP contribution in [0.25, 0.3) is 10.2 Å². The Kier molecular flexibility index (Phi) is 4.15. The van der Waals surface area contributed by atoms with Crippen molar-refractivity contribution in [3.05, 3.63) is 27.7 Å². The second-order valence-electron chi connectivity index (χ2n) is 7.22. The molecule has 0 N–H and O–H groups in total. The smallest absolute Gasteiger partial charge is 0.160 e. The van der Waals surface area contributed by atoms with Gasteiger partial charge in [0.25, 0.3) is 0 Å². The van der Waals surface area contributed by atoms with E-state index in [2.05, 4.69) is 71.7 Å². The van der Waals surface area contributed by atoms with Crippen molar-refractivity contribution in [1.82, 2.24) is 9.88 Å². The van der Waals surface area contributed by atoms with Crippen molar-refractivity contribution >= 4 is 37.5 Å². The summed E-state index contributed by atoms with van der Waals surface area (Å²) in [4.78, 5) is 7.26. The zero-order valence-corrected chi connectivity index (χ0v) is 15.6. The molecule has 0 aliphatic carbocycles. The maximum atomic E-state index is 4.59. The van der Waals surface area contributed by atoms with Crippen LogP contribution < -0.4 is 0 Å². The number of fused-ring (bicyclic) bond motifs is 1. The Morgan fingerprint density at radius 3 is 2.76 bits per heavy atom. The second-order valence-corrected chi connectivity index (χ2v) is 9.52. The summed E-state index contributed by atoms with van der Waals surface area (Å²) >= 11 is 5.20. The van der Waals surface area contributed by atoms with Gasteiger partial charge >= 0.3 is 0 Å². The predicted molar refractivity (Wildman–Crippen MR) is 94.9 cm³/mol. The van der Waals surface area contributed by atoms with Gasteiger partial charge in [0.15, 0.2) is 3.92 Å². The van der Waals surface area contributed by atoms with E-state index in [1.165, 1.54) is 29.6 Å². The number of hydrogen-bond donors (Lipinski definition) is 0. The van der Waals surface area contributed by atoms with Crippen LogP contribution in [0, 0.1) is 5.92 Å². The highest BCUT2D eigenvalue weighted by atomic mass is 79.9. The minimum atomic E-state index is 0.205. The molecule has 3 rings (SSSR count). The number of likely N-dealkylation sites (tertiary alicyclic amines) is 1. The van der Waals surface area contributed by atoms with Crippen LogP contribution in [0.2, 0.25) is 0 Å². The number of aromatic nitrogens is 1. The summed E-state index contributed by atoms with van der Waals surface area (Å²) in [5.41, 5.74) is 2.75. The van der Waals surface area contributed by atoms with Crippen LogP contribution in [-0.2, 0) is 0 Å². The van der Waals surface area contributed by atoms with Crippen LogP contribution in [-0.4, -0.2) is 22.0 Å². The van der Waals surface area contributed by atoms with Crippen LogP contribution in [0.5, 0.6) is 0 Å². The molecule has 2 nitrogen and oxygen atoms in total. The highest BCUT2D eigenvalue weighted by molar-refractivity contribution is 9.11. The molecule has 2 unspecified atom stereocenters. The molecule has 21 heavy (non-hydrogen) atoms. The number of nitrogens with zero attached hydrogens (tertiary/aromatic N) is 2. The average Bonchev–Trinajstić information content (AvgIpc) is 2.76. The summed E-state index contributed by atoms with van der Waals surface area (Å²) in [7, 11) is 0. The molecule has 1 aromatic carbocycles. The third kappa shape index (κ3) is 3.17. The van der Waals surface area contributed by atoms with Crippen molar-refractivity contribution < 1.29 is 0 Å². The van der Waals surface area contributed by atoms with E-state index in [-0.39, 0.29) is 5.54 Å². The first-order chi connectivity index (χ1) is 9.84. The summed E-state index contributed by atoms with van der Waals surface area (Å²) in [6, 6.07) is 7.33. The van der Waals surface area contributed by atoms with Gasteiger partial charge in [-0.1, -0.05) is 13.0 Å². The van der Waals surface area contributed by atoms with Crippen molar-refractivity contribution in [1.29, 1.82) is 0 Å². The van der Waals surface area contributed by atoms with Crippen molar-refractivity contribution in [3.8, 4) is 0 Å². The molecule has 0 spiro atoms. The van der Waals surface area contributed by atoms with Gasteiger partial charge < -0.3 is 0 Å². The van der Waals surface area contributed by atoms with E-state index in [9.17, 15) is 0 Å². The quantitative estimate of drug-likeness (QED) is 0.649. The summed E-state index contributed by atoms with van der Waals surface area (Å²) in [5.74, 6) is 0.789. The Balaban J connectivity index is 1.98. The highest BCUT2D eigenvalue weighted by Gasteiger charge is 2.34. The molecular formula is C17H23BrN2S. The van der Waals surface area contributed by atoms with Gasteiger partial charge in [0.1, 0.15) is 0 Å². The van der Waals surface area contributed by atoms with Crippen molar-refractivity contribution in [2.45, 2.75) is 52.1 Å². The maximum absolute atomic E-state index is 4.59. The topological polar surface area (TPSA) is 16.1 Å². The van der Waals surface area contributed by atoms with E-state index in [0.29, 0.717) is 6.04 Å². The van der Waals surface area contributed by atoms with Gasteiger partial charge in [-0.3, -0.25) is 4.90 Å². The van der Waals surface area contributed by atoms with E-state index in [0.717, 1.165) is 15.4 Å². The zero-order chi connectivity index (χ0) is 15.2. The molecule has 1 aliphatic rings. The Hall–Kier alpha value is -0.450. The fourth-order valence-corrected chi connectivity index (χ4v) is 4.75. The van der Waals surface area contributed by atoms with E-state index in [1.807, 2.05) is 0 Å². The number of rotatable bonds is 1. The lowest BCUT2D eigenvalue weighted by Crippen LogP contribution is -2.48. The number of piperidine rings is 1. The summed E-state index contributed by atoms with van der Waals surface area (Å²) in [6.45, 7) is 10.5. The van der Waals surface area contributed by atoms with Crippen LogP contribution in [0.15, 0.2) is 22.1 Å². The number of thiazole rings is 1. The summed E-state index contributed by atoms with van der Waals surface area (Å²) < 4.78 is 2.23. The monoisotopic (exact) mass is 366 g/mol. The van der Waals surface area contributed by atoms with Crippen LogP contribution in [0.1, 0.15) is 52.1 Å². The van der Waals surface area contributed by atoms with Gasteiger partial charge in [-0.05, 0) is 73.2 Å². The number of benzene rings is 1. The van der Waals surface area contributed by atoms with E-state index in [1.54, 1.807) is 11.3 Å².